The van der Waals surface area contributed by atoms with Gasteiger partial charge in [0.2, 0.25) is 0 Å². The molecule has 18 heavy (non-hydrogen) atoms. The van der Waals surface area contributed by atoms with Crippen molar-refractivity contribution in [2.45, 2.75) is 25.3 Å². The third-order valence-electron chi connectivity index (χ3n) is 3.15. The van der Waals surface area contributed by atoms with E-state index < -0.39 is 0 Å². The Morgan fingerprint density at radius 3 is 3.11 bits per heavy atom. The number of furan rings is 1. The molecule has 0 radical (unpaired) electrons. The summed E-state index contributed by atoms with van der Waals surface area (Å²) in [6, 6.07) is 5.52. The second kappa shape index (κ2) is 4.33. The molecular weight excluding hydrogens is 230 g/mol. The molecule has 1 aliphatic rings. The fourth-order valence-corrected chi connectivity index (χ4v) is 1.95. The number of hydrogen-bond acceptors (Lipinski definition) is 3. The molecule has 1 aliphatic carbocycles. The topological polar surface area (TPSA) is 62.1 Å². The van der Waals surface area contributed by atoms with Gasteiger partial charge in [0.1, 0.15) is 11.5 Å². The minimum absolute atomic E-state index is 0.0884. The molecule has 1 N–H and O–H groups in total. The molecule has 0 spiro atoms. The predicted octanol–water partition coefficient (Wildman–Crippen LogP) is 2.15. The van der Waals surface area contributed by atoms with Gasteiger partial charge in [-0.3, -0.25) is 9.89 Å². The van der Waals surface area contributed by atoms with Crippen molar-refractivity contribution in [2.75, 3.05) is 7.05 Å². The van der Waals surface area contributed by atoms with E-state index in [2.05, 4.69) is 10.2 Å². The minimum Gasteiger partial charge on any atom is -0.467 e. The van der Waals surface area contributed by atoms with Crippen LogP contribution in [0.5, 0.6) is 0 Å². The molecule has 0 atom stereocenters. The zero-order valence-electron chi connectivity index (χ0n) is 10.2. The Hall–Kier alpha value is -2.04. The average molecular weight is 245 g/mol. The molecule has 5 heteroatoms. The number of nitrogens with one attached hydrogen (secondary N) is 1. The first-order valence-corrected chi connectivity index (χ1v) is 6.07. The smallest absolute Gasteiger partial charge is 0.274 e. The summed E-state index contributed by atoms with van der Waals surface area (Å²) in [6.07, 6.45) is 3.99. The fraction of sp³-hybridized carbons (Fsp3) is 0.385. The van der Waals surface area contributed by atoms with E-state index in [-0.39, 0.29) is 5.91 Å². The highest BCUT2D eigenvalue weighted by molar-refractivity contribution is 5.92. The van der Waals surface area contributed by atoms with Crippen molar-refractivity contribution in [1.29, 1.82) is 0 Å². The molecule has 3 rings (SSSR count). The lowest BCUT2D eigenvalue weighted by molar-refractivity contribution is 0.0769. The lowest BCUT2D eigenvalue weighted by Gasteiger charge is -2.13. The van der Waals surface area contributed by atoms with E-state index >= 15 is 0 Å². The average Bonchev–Trinajstić information content (AvgIpc) is 2.91. The number of carbonyl (C=O) groups excluding carboxylic acids is 1. The molecule has 2 aromatic heterocycles. The Bertz CT molecular complexity index is 540. The van der Waals surface area contributed by atoms with Crippen LogP contribution in [0.2, 0.25) is 0 Å². The van der Waals surface area contributed by atoms with E-state index in [4.69, 9.17) is 4.42 Å². The van der Waals surface area contributed by atoms with Gasteiger partial charge in [0, 0.05) is 18.7 Å². The van der Waals surface area contributed by atoms with Gasteiger partial charge in [-0.1, -0.05) is 0 Å². The van der Waals surface area contributed by atoms with Gasteiger partial charge in [-0.05, 0) is 31.0 Å². The number of aromatic amines is 1. The molecule has 1 saturated carbocycles. The van der Waals surface area contributed by atoms with Crippen LogP contribution in [0.4, 0.5) is 0 Å². The highest BCUT2D eigenvalue weighted by Gasteiger charge is 2.27. The zero-order chi connectivity index (χ0) is 12.5. The van der Waals surface area contributed by atoms with Crippen LogP contribution in [0, 0.1) is 0 Å². The Balaban J connectivity index is 1.68. The van der Waals surface area contributed by atoms with E-state index in [9.17, 15) is 4.79 Å². The van der Waals surface area contributed by atoms with E-state index in [1.165, 1.54) is 12.8 Å². The van der Waals surface area contributed by atoms with Crippen molar-refractivity contribution in [2.24, 2.45) is 0 Å². The third kappa shape index (κ3) is 2.16. The van der Waals surface area contributed by atoms with Crippen LogP contribution < -0.4 is 0 Å². The fourth-order valence-electron chi connectivity index (χ4n) is 1.95. The first kappa shape index (κ1) is 11.1. The van der Waals surface area contributed by atoms with Gasteiger partial charge in [-0.15, -0.1) is 0 Å². The van der Waals surface area contributed by atoms with Gasteiger partial charge >= 0.3 is 0 Å². The zero-order valence-corrected chi connectivity index (χ0v) is 10.2. The van der Waals surface area contributed by atoms with Crippen LogP contribution in [-0.2, 0) is 6.54 Å². The largest absolute Gasteiger partial charge is 0.467 e. The molecule has 0 unspecified atom stereocenters. The molecule has 94 valence electrons. The first-order chi connectivity index (χ1) is 8.74. The van der Waals surface area contributed by atoms with Gasteiger partial charge in [0.25, 0.3) is 5.91 Å². The second-order valence-electron chi connectivity index (χ2n) is 4.72. The summed E-state index contributed by atoms with van der Waals surface area (Å²) in [5, 5.41) is 7.02. The summed E-state index contributed by atoms with van der Waals surface area (Å²) in [7, 11) is 1.75. The van der Waals surface area contributed by atoms with Crippen molar-refractivity contribution >= 4 is 5.91 Å². The van der Waals surface area contributed by atoms with Crippen LogP contribution in [-0.4, -0.2) is 28.1 Å². The van der Waals surface area contributed by atoms with Gasteiger partial charge in [0.05, 0.1) is 12.8 Å². The summed E-state index contributed by atoms with van der Waals surface area (Å²) >= 11 is 0. The van der Waals surface area contributed by atoms with Crippen molar-refractivity contribution in [3.8, 4) is 0 Å². The number of H-pyrrole nitrogens is 1. The molecular formula is C13H15N3O2. The Labute approximate surface area is 105 Å². The summed E-state index contributed by atoms with van der Waals surface area (Å²) in [5.41, 5.74) is 1.55. The number of rotatable bonds is 4. The van der Waals surface area contributed by atoms with E-state index in [1.54, 1.807) is 18.2 Å². The summed E-state index contributed by atoms with van der Waals surface area (Å²) in [5.74, 6) is 1.26. The van der Waals surface area contributed by atoms with Gasteiger partial charge in [-0.2, -0.15) is 5.10 Å². The first-order valence-electron chi connectivity index (χ1n) is 6.07. The van der Waals surface area contributed by atoms with E-state index in [1.807, 2.05) is 18.2 Å². The van der Waals surface area contributed by atoms with Crippen molar-refractivity contribution < 1.29 is 9.21 Å². The monoisotopic (exact) mass is 245 g/mol. The van der Waals surface area contributed by atoms with Crippen molar-refractivity contribution in [3.63, 3.8) is 0 Å². The van der Waals surface area contributed by atoms with Gasteiger partial charge in [-0.25, -0.2) is 0 Å². The maximum atomic E-state index is 12.1. The normalized spacial score (nSPS) is 14.7. The number of nitrogens with zero attached hydrogens (tertiary/aromatic N) is 2. The molecule has 0 saturated heterocycles. The molecule has 2 aromatic rings. The van der Waals surface area contributed by atoms with Crippen LogP contribution in [0.1, 0.15) is 40.7 Å². The van der Waals surface area contributed by atoms with E-state index in [0.717, 1.165) is 11.5 Å². The Morgan fingerprint density at radius 1 is 1.61 bits per heavy atom. The Kier molecular flexibility index (Phi) is 2.66. The highest BCUT2D eigenvalue weighted by atomic mass is 16.3. The van der Waals surface area contributed by atoms with Gasteiger partial charge < -0.3 is 9.32 Å². The Morgan fingerprint density at radius 2 is 2.44 bits per heavy atom. The molecule has 2 heterocycles. The SMILES string of the molecule is CN(Cc1ccco1)C(=O)c1cc(C2CC2)[nH]n1. The molecule has 0 bridgehead atoms. The quantitative estimate of drug-likeness (QED) is 0.897. The summed E-state index contributed by atoms with van der Waals surface area (Å²) < 4.78 is 5.22. The number of hydrogen-bond donors (Lipinski definition) is 1. The number of aromatic nitrogens is 2. The lowest BCUT2D eigenvalue weighted by Crippen LogP contribution is -2.26. The van der Waals surface area contributed by atoms with Crippen molar-refractivity contribution in [3.05, 3.63) is 41.6 Å². The minimum atomic E-state index is -0.0884. The third-order valence-corrected chi connectivity index (χ3v) is 3.15. The van der Waals surface area contributed by atoms with Crippen LogP contribution in [0.25, 0.3) is 0 Å². The number of carbonyl (C=O) groups is 1. The standard InChI is InChI=1S/C13H15N3O2/c1-16(8-10-3-2-6-18-10)13(17)12-7-11(14-15-12)9-4-5-9/h2-3,6-7,9H,4-5,8H2,1H3,(H,14,15). The lowest BCUT2D eigenvalue weighted by atomic mass is 10.2. The molecule has 1 fully saturated rings. The second-order valence-corrected chi connectivity index (χ2v) is 4.72. The van der Waals surface area contributed by atoms with Crippen LogP contribution in [0.15, 0.2) is 28.9 Å². The number of amides is 1. The van der Waals surface area contributed by atoms with E-state index in [0.29, 0.717) is 18.2 Å². The van der Waals surface area contributed by atoms with Crippen LogP contribution in [0.3, 0.4) is 0 Å². The maximum absolute atomic E-state index is 12.1. The van der Waals surface area contributed by atoms with Gasteiger partial charge in [0.15, 0.2) is 0 Å². The summed E-state index contributed by atoms with van der Waals surface area (Å²) in [6.45, 7) is 0.456. The van der Waals surface area contributed by atoms with Crippen LogP contribution >= 0.6 is 0 Å². The van der Waals surface area contributed by atoms with Crippen molar-refractivity contribution in [1.82, 2.24) is 15.1 Å². The molecule has 5 nitrogen and oxygen atoms in total. The maximum Gasteiger partial charge on any atom is 0.274 e. The molecule has 0 aliphatic heterocycles. The molecule has 1 amide bonds. The highest BCUT2D eigenvalue weighted by Crippen LogP contribution is 2.39. The molecule has 0 aromatic carbocycles. The summed E-state index contributed by atoms with van der Waals surface area (Å²) in [4.78, 5) is 13.7. The predicted molar refractivity (Wildman–Crippen MR) is 65.1 cm³/mol.